The molecule has 0 saturated carbocycles. The Morgan fingerprint density at radius 1 is 1.26 bits per heavy atom. The summed E-state index contributed by atoms with van der Waals surface area (Å²) < 4.78 is 0.719. The molecule has 0 spiro atoms. The van der Waals surface area contributed by atoms with E-state index in [9.17, 15) is 4.79 Å². The van der Waals surface area contributed by atoms with E-state index in [1.165, 1.54) is 36.3 Å². The lowest BCUT2D eigenvalue weighted by Gasteiger charge is -2.28. The highest BCUT2D eigenvalue weighted by Crippen LogP contribution is 2.22. The molecule has 0 unspecified atom stereocenters. The van der Waals surface area contributed by atoms with Crippen LogP contribution in [0.15, 0.2) is 24.3 Å². The number of aromatic nitrogens is 1. The van der Waals surface area contributed by atoms with Crippen molar-refractivity contribution in [2.45, 2.75) is 32.6 Å². The molecule has 1 aromatic heterocycles. The zero-order chi connectivity index (χ0) is 16.2. The van der Waals surface area contributed by atoms with E-state index in [0.29, 0.717) is 6.42 Å². The lowest BCUT2D eigenvalue weighted by molar-refractivity contribution is -0.115. The molecule has 0 bridgehead atoms. The van der Waals surface area contributed by atoms with Gasteiger partial charge in [-0.15, -0.1) is 11.3 Å². The number of carbonyl (C=O) groups excluding carboxylic acids is 1. The molecule has 0 radical (unpaired) electrons. The molecule has 3 rings (SSSR count). The third-order valence-corrected chi connectivity index (χ3v) is 5.45. The number of rotatable bonds is 4. The lowest BCUT2D eigenvalue weighted by atomic mass is 10.1. The van der Waals surface area contributed by atoms with Crippen LogP contribution in [0.1, 0.15) is 29.8 Å². The molecule has 1 aliphatic rings. The largest absolute Gasteiger partial charge is 0.372 e. The Bertz CT molecular complexity index is 727. The fourth-order valence-corrected chi connectivity index (χ4v) is 4.15. The van der Waals surface area contributed by atoms with Crippen LogP contribution in [0.5, 0.6) is 0 Å². The second-order valence-electron chi connectivity index (χ2n) is 5.88. The van der Waals surface area contributed by atoms with Crippen molar-refractivity contribution in [3.8, 4) is 0 Å². The van der Waals surface area contributed by atoms with Crippen LogP contribution in [0.25, 0.3) is 0 Å². The highest BCUT2D eigenvalue weighted by molar-refractivity contribution is 7.73. The van der Waals surface area contributed by atoms with Gasteiger partial charge >= 0.3 is 0 Å². The number of anilines is 2. The number of aromatic amines is 1. The van der Waals surface area contributed by atoms with Gasteiger partial charge in [-0.25, -0.2) is 0 Å². The second kappa shape index (κ2) is 7.27. The Kier molecular flexibility index (Phi) is 5.13. The first-order valence-corrected chi connectivity index (χ1v) is 9.18. The molecule has 0 aliphatic carbocycles. The molecule has 1 saturated heterocycles. The molecule has 23 heavy (non-hydrogen) atoms. The van der Waals surface area contributed by atoms with E-state index < -0.39 is 0 Å². The van der Waals surface area contributed by atoms with Crippen molar-refractivity contribution in [1.82, 2.24) is 4.98 Å². The van der Waals surface area contributed by atoms with Crippen LogP contribution < -0.4 is 10.2 Å². The number of piperidine rings is 1. The number of nitrogens with one attached hydrogen (secondary N) is 2. The number of amides is 1. The standard InChI is InChI=1S/C17H21N3OS2/c1-12-15(23-17(22)18-12)11-16(21)19-13-5-7-14(8-6-13)20-9-3-2-4-10-20/h5-8H,2-4,9-11H2,1H3,(H,18,22)(H,19,21). The molecule has 1 fully saturated rings. The van der Waals surface area contributed by atoms with Crippen LogP contribution in [0.3, 0.4) is 0 Å². The summed E-state index contributed by atoms with van der Waals surface area (Å²) in [6.45, 7) is 4.20. The van der Waals surface area contributed by atoms with Crippen LogP contribution in [0, 0.1) is 10.9 Å². The predicted molar refractivity (Wildman–Crippen MR) is 99.1 cm³/mol. The molecular formula is C17H21N3OS2. The number of benzene rings is 1. The van der Waals surface area contributed by atoms with Crippen LogP contribution in [0.4, 0.5) is 11.4 Å². The summed E-state index contributed by atoms with van der Waals surface area (Å²) in [4.78, 5) is 18.6. The molecule has 1 aliphatic heterocycles. The fraction of sp³-hybridized carbons (Fsp3) is 0.412. The van der Waals surface area contributed by atoms with E-state index in [-0.39, 0.29) is 5.91 Å². The van der Waals surface area contributed by atoms with Gasteiger partial charge in [0.2, 0.25) is 5.91 Å². The minimum Gasteiger partial charge on any atom is -0.372 e. The van der Waals surface area contributed by atoms with Crippen molar-refractivity contribution in [3.05, 3.63) is 38.8 Å². The molecule has 4 nitrogen and oxygen atoms in total. The number of hydrogen-bond acceptors (Lipinski definition) is 4. The number of aryl methyl sites for hydroxylation is 1. The first-order valence-electron chi connectivity index (χ1n) is 7.95. The Balaban J connectivity index is 1.60. The molecule has 2 N–H and O–H groups in total. The summed E-state index contributed by atoms with van der Waals surface area (Å²) in [7, 11) is 0. The first-order chi connectivity index (χ1) is 11.1. The maximum absolute atomic E-state index is 12.2. The molecule has 0 atom stereocenters. The third-order valence-electron chi connectivity index (χ3n) is 4.12. The van der Waals surface area contributed by atoms with E-state index in [4.69, 9.17) is 12.2 Å². The van der Waals surface area contributed by atoms with Gasteiger partial charge in [-0.1, -0.05) is 0 Å². The fourth-order valence-electron chi connectivity index (χ4n) is 2.86. The quantitative estimate of drug-likeness (QED) is 0.811. The minimum absolute atomic E-state index is 0.0101. The van der Waals surface area contributed by atoms with Crippen LogP contribution in [0.2, 0.25) is 0 Å². The van der Waals surface area contributed by atoms with Crippen molar-refractivity contribution < 1.29 is 4.79 Å². The molecule has 2 aromatic rings. The maximum atomic E-state index is 12.2. The van der Waals surface area contributed by atoms with Gasteiger partial charge in [0.05, 0.1) is 6.42 Å². The zero-order valence-corrected chi connectivity index (χ0v) is 14.9. The Morgan fingerprint density at radius 3 is 2.57 bits per heavy atom. The Hall–Kier alpha value is -1.66. The highest BCUT2D eigenvalue weighted by atomic mass is 32.1. The van der Waals surface area contributed by atoms with Gasteiger partial charge in [0.1, 0.15) is 0 Å². The zero-order valence-electron chi connectivity index (χ0n) is 13.2. The molecule has 2 heterocycles. The number of thiazole rings is 1. The van der Waals surface area contributed by atoms with Gasteiger partial charge in [0.15, 0.2) is 3.95 Å². The van der Waals surface area contributed by atoms with Crippen LogP contribution >= 0.6 is 23.6 Å². The summed E-state index contributed by atoms with van der Waals surface area (Å²) >= 11 is 6.57. The Labute approximate surface area is 145 Å². The summed E-state index contributed by atoms with van der Waals surface area (Å²) in [5.74, 6) is -0.0101. The van der Waals surface area contributed by atoms with Gasteiger partial charge in [-0.3, -0.25) is 4.79 Å². The monoisotopic (exact) mass is 347 g/mol. The topological polar surface area (TPSA) is 48.1 Å². The van der Waals surface area contributed by atoms with E-state index >= 15 is 0 Å². The first kappa shape index (κ1) is 16.2. The Morgan fingerprint density at radius 2 is 1.96 bits per heavy atom. The van der Waals surface area contributed by atoms with Crippen molar-refractivity contribution in [3.63, 3.8) is 0 Å². The smallest absolute Gasteiger partial charge is 0.229 e. The molecule has 6 heteroatoms. The number of nitrogens with zero attached hydrogens (tertiary/aromatic N) is 1. The van der Waals surface area contributed by atoms with E-state index in [0.717, 1.165) is 33.3 Å². The lowest BCUT2D eigenvalue weighted by Crippen LogP contribution is -2.29. The van der Waals surface area contributed by atoms with Crippen LogP contribution in [-0.4, -0.2) is 24.0 Å². The highest BCUT2D eigenvalue weighted by Gasteiger charge is 2.12. The number of H-pyrrole nitrogens is 1. The van der Waals surface area contributed by atoms with Crippen molar-refractivity contribution in [1.29, 1.82) is 0 Å². The average Bonchev–Trinajstić information content (AvgIpc) is 2.86. The van der Waals surface area contributed by atoms with Gasteiger partial charge < -0.3 is 15.2 Å². The molecule has 122 valence electrons. The maximum Gasteiger partial charge on any atom is 0.229 e. The summed E-state index contributed by atoms with van der Waals surface area (Å²) in [5.41, 5.74) is 3.06. The predicted octanol–water partition coefficient (Wildman–Crippen LogP) is 4.29. The molecule has 1 amide bonds. The normalized spacial score (nSPS) is 14.7. The third kappa shape index (κ3) is 4.20. The van der Waals surface area contributed by atoms with E-state index in [1.807, 2.05) is 19.1 Å². The second-order valence-corrected chi connectivity index (χ2v) is 7.65. The van der Waals surface area contributed by atoms with E-state index in [1.54, 1.807) is 0 Å². The van der Waals surface area contributed by atoms with Gasteiger partial charge in [0, 0.05) is 35.0 Å². The number of hydrogen-bond donors (Lipinski definition) is 2. The van der Waals surface area contributed by atoms with Crippen molar-refractivity contribution >= 4 is 40.8 Å². The minimum atomic E-state index is -0.0101. The summed E-state index contributed by atoms with van der Waals surface area (Å²) in [6, 6.07) is 8.14. The van der Waals surface area contributed by atoms with Crippen molar-refractivity contribution in [2.24, 2.45) is 0 Å². The summed E-state index contributed by atoms with van der Waals surface area (Å²) in [6.07, 6.45) is 4.22. The van der Waals surface area contributed by atoms with Crippen molar-refractivity contribution in [2.75, 3.05) is 23.3 Å². The van der Waals surface area contributed by atoms with Crippen LogP contribution in [-0.2, 0) is 11.2 Å². The van der Waals surface area contributed by atoms with E-state index in [2.05, 4.69) is 27.3 Å². The average molecular weight is 348 g/mol. The van der Waals surface area contributed by atoms with Gasteiger partial charge in [0.25, 0.3) is 0 Å². The molecular weight excluding hydrogens is 326 g/mol. The molecule has 1 aromatic carbocycles. The SMILES string of the molecule is Cc1[nH]c(=S)sc1CC(=O)Nc1ccc(N2CCCCC2)cc1. The van der Waals surface area contributed by atoms with Gasteiger partial charge in [-0.05, 0) is 62.7 Å². The number of carbonyl (C=O) groups is 1. The summed E-state index contributed by atoms with van der Waals surface area (Å²) in [5, 5.41) is 2.96. The van der Waals surface area contributed by atoms with Gasteiger partial charge in [-0.2, -0.15) is 0 Å².